The first-order valence-corrected chi connectivity index (χ1v) is 9.46. The number of aryl methyl sites for hydroxylation is 1. The van der Waals surface area contributed by atoms with Gasteiger partial charge in [-0.25, -0.2) is 4.39 Å². The van der Waals surface area contributed by atoms with E-state index in [-0.39, 0.29) is 11.7 Å². The zero-order valence-corrected chi connectivity index (χ0v) is 15.7. The van der Waals surface area contributed by atoms with Crippen molar-refractivity contribution in [1.82, 2.24) is 5.32 Å². The fraction of sp³-hybridized carbons (Fsp3) is 0.350. The van der Waals surface area contributed by atoms with Crippen molar-refractivity contribution in [1.29, 1.82) is 0 Å². The lowest BCUT2D eigenvalue weighted by Crippen LogP contribution is -2.37. The van der Waals surface area contributed by atoms with E-state index >= 15 is 0 Å². The van der Waals surface area contributed by atoms with E-state index in [1.54, 1.807) is 30.8 Å². The Morgan fingerprint density at radius 2 is 1.96 bits per heavy atom. The number of thioether (sulfide) groups is 1. The Morgan fingerprint density at radius 1 is 1.20 bits per heavy atom. The summed E-state index contributed by atoms with van der Waals surface area (Å²) in [6.45, 7) is 6.26. The van der Waals surface area contributed by atoms with Crippen LogP contribution in [0.3, 0.4) is 0 Å². The summed E-state index contributed by atoms with van der Waals surface area (Å²) >= 11 is 1.59. The first-order chi connectivity index (χ1) is 12.0. The van der Waals surface area contributed by atoms with Gasteiger partial charge in [-0.15, -0.1) is 0 Å². The summed E-state index contributed by atoms with van der Waals surface area (Å²) in [5, 5.41) is 2.86. The molecule has 25 heavy (non-hydrogen) atoms. The number of amides is 1. The topological polar surface area (TPSA) is 38.3 Å². The molecule has 0 fully saturated rings. The van der Waals surface area contributed by atoms with Crippen LogP contribution in [-0.2, 0) is 10.5 Å². The van der Waals surface area contributed by atoms with Crippen molar-refractivity contribution in [2.45, 2.75) is 32.6 Å². The number of hydrogen-bond donors (Lipinski definition) is 1. The summed E-state index contributed by atoms with van der Waals surface area (Å²) in [5.74, 6) is 1.71. The molecule has 134 valence electrons. The van der Waals surface area contributed by atoms with Crippen molar-refractivity contribution >= 4 is 17.7 Å². The third-order valence-corrected chi connectivity index (χ3v) is 5.00. The van der Waals surface area contributed by atoms with Gasteiger partial charge in [0.15, 0.2) is 6.10 Å². The average molecular weight is 361 g/mol. The Labute approximate surface area is 153 Å². The molecule has 0 aromatic heterocycles. The summed E-state index contributed by atoms with van der Waals surface area (Å²) in [5.41, 5.74) is 2.86. The van der Waals surface area contributed by atoms with Crippen LogP contribution < -0.4 is 10.1 Å². The van der Waals surface area contributed by atoms with Crippen molar-refractivity contribution in [3.8, 4) is 5.75 Å². The SMILES string of the molecule is Cc1cccc(O[C@H](C)C(=O)NCCSCc2ccccc2F)c1C. The van der Waals surface area contributed by atoms with Crippen LogP contribution in [0, 0.1) is 19.7 Å². The van der Waals surface area contributed by atoms with Crippen LogP contribution in [0.1, 0.15) is 23.6 Å². The van der Waals surface area contributed by atoms with Gasteiger partial charge in [-0.05, 0) is 49.6 Å². The van der Waals surface area contributed by atoms with E-state index in [0.29, 0.717) is 17.9 Å². The third-order valence-electron chi connectivity index (χ3n) is 3.99. The molecule has 1 amide bonds. The second-order valence-corrected chi connectivity index (χ2v) is 7.00. The van der Waals surface area contributed by atoms with Gasteiger partial charge >= 0.3 is 0 Å². The summed E-state index contributed by atoms with van der Waals surface area (Å²) < 4.78 is 19.3. The second kappa shape index (κ2) is 9.47. The maximum atomic E-state index is 13.5. The first-order valence-electron chi connectivity index (χ1n) is 8.30. The van der Waals surface area contributed by atoms with Gasteiger partial charge in [0.2, 0.25) is 0 Å². The number of hydrogen-bond acceptors (Lipinski definition) is 3. The smallest absolute Gasteiger partial charge is 0.260 e. The first kappa shape index (κ1) is 19.3. The lowest BCUT2D eigenvalue weighted by molar-refractivity contribution is -0.127. The Morgan fingerprint density at radius 3 is 2.72 bits per heavy atom. The summed E-state index contributed by atoms with van der Waals surface area (Å²) in [6, 6.07) is 12.6. The van der Waals surface area contributed by atoms with E-state index in [1.807, 2.05) is 38.1 Å². The zero-order chi connectivity index (χ0) is 18.2. The Bertz CT molecular complexity index is 721. The molecular formula is C20H24FNO2S. The number of carbonyl (C=O) groups excluding carboxylic acids is 1. The van der Waals surface area contributed by atoms with Crippen LogP contribution in [0.25, 0.3) is 0 Å². The second-order valence-electron chi connectivity index (χ2n) is 5.89. The molecule has 3 nitrogen and oxygen atoms in total. The van der Waals surface area contributed by atoms with Gasteiger partial charge < -0.3 is 10.1 Å². The molecule has 0 spiro atoms. The van der Waals surface area contributed by atoms with E-state index < -0.39 is 6.10 Å². The zero-order valence-electron chi connectivity index (χ0n) is 14.8. The fourth-order valence-corrected chi connectivity index (χ4v) is 3.13. The fourth-order valence-electron chi connectivity index (χ4n) is 2.28. The third kappa shape index (κ3) is 5.78. The molecule has 0 aliphatic rings. The molecule has 2 rings (SSSR count). The number of carbonyl (C=O) groups is 1. The molecule has 5 heteroatoms. The van der Waals surface area contributed by atoms with Gasteiger partial charge in [0.25, 0.3) is 5.91 Å². The summed E-state index contributed by atoms with van der Waals surface area (Å²) in [6.07, 6.45) is -0.558. The quantitative estimate of drug-likeness (QED) is 0.714. The number of benzene rings is 2. The minimum absolute atomic E-state index is 0.146. The highest BCUT2D eigenvalue weighted by Gasteiger charge is 2.15. The van der Waals surface area contributed by atoms with E-state index in [1.165, 1.54) is 6.07 Å². The van der Waals surface area contributed by atoms with E-state index in [9.17, 15) is 9.18 Å². The molecule has 0 aliphatic heterocycles. The normalized spacial score (nSPS) is 11.8. The lowest BCUT2D eigenvalue weighted by atomic mass is 10.1. The molecule has 1 atom stereocenters. The Kier molecular flexibility index (Phi) is 7.31. The van der Waals surface area contributed by atoms with Gasteiger partial charge in [0.1, 0.15) is 11.6 Å². The van der Waals surface area contributed by atoms with Gasteiger partial charge in [-0.1, -0.05) is 30.3 Å². The van der Waals surface area contributed by atoms with Gasteiger partial charge in [-0.3, -0.25) is 4.79 Å². The molecule has 0 saturated carbocycles. The van der Waals surface area contributed by atoms with Gasteiger partial charge in [-0.2, -0.15) is 11.8 Å². The maximum Gasteiger partial charge on any atom is 0.260 e. The van der Waals surface area contributed by atoms with Crippen LogP contribution >= 0.6 is 11.8 Å². The van der Waals surface area contributed by atoms with E-state index in [0.717, 1.165) is 22.6 Å². The molecule has 0 saturated heterocycles. The van der Waals surface area contributed by atoms with Crippen LogP contribution in [0.5, 0.6) is 5.75 Å². The number of halogens is 1. The van der Waals surface area contributed by atoms with E-state index in [4.69, 9.17) is 4.74 Å². The van der Waals surface area contributed by atoms with Gasteiger partial charge in [0, 0.05) is 18.1 Å². The maximum absolute atomic E-state index is 13.5. The van der Waals surface area contributed by atoms with Crippen LogP contribution in [0.2, 0.25) is 0 Å². The minimum Gasteiger partial charge on any atom is -0.481 e. The van der Waals surface area contributed by atoms with Crippen molar-refractivity contribution in [3.05, 3.63) is 65.0 Å². The summed E-state index contributed by atoms with van der Waals surface area (Å²) in [4.78, 5) is 12.1. The van der Waals surface area contributed by atoms with Crippen LogP contribution in [-0.4, -0.2) is 24.3 Å². The molecule has 2 aromatic rings. The van der Waals surface area contributed by atoms with Crippen molar-refractivity contribution < 1.29 is 13.9 Å². The van der Waals surface area contributed by atoms with Crippen LogP contribution in [0.4, 0.5) is 4.39 Å². The molecule has 1 N–H and O–H groups in total. The lowest BCUT2D eigenvalue weighted by Gasteiger charge is -2.17. The predicted molar refractivity (Wildman–Crippen MR) is 102 cm³/mol. The molecule has 0 aliphatic carbocycles. The number of ether oxygens (including phenoxy) is 1. The predicted octanol–water partition coefficient (Wildman–Crippen LogP) is 4.26. The van der Waals surface area contributed by atoms with Crippen molar-refractivity contribution in [2.24, 2.45) is 0 Å². The minimum atomic E-state index is -0.558. The molecule has 2 aromatic carbocycles. The molecule has 0 radical (unpaired) electrons. The molecule has 0 bridgehead atoms. The van der Waals surface area contributed by atoms with E-state index in [2.05, 4.69) is 5.32 Å². The van der Waals surface area contributed by atoms with Crippen molar-refractivity contribution in [3.63, 3.8) is 0 Å². The summed E-state index contributed by atoms with van der Waals surface area (Å²) in [7, 11) is 0. The molecule has 0 unspecified atom stereocenters. The Hall–Kier alpha value is -2.01. The monoisotopic (exact) mass is 361 g/mol. The highest BCUT2D eigenvalue weighted by atomic mass is 32.2. The molecule has 0 heterocycles. The van der Waals surface area contributed by atoms with Crippen LogP contribution in [0.15, 0.2) is 42.5 Å². The van der Waals surface area contributed by atoms with Gasteiger partial charge in [0.05, 0.1) is 0 Å². The number of nitrogens with one attached hydrogen (secondary N) is 1. The Balaban J connectivity index is 1.71. The highest BCUT2D eigenvalue weighted by Crippen LogP contribution is 2.21. The standard InChI is InChI=1S/C20H24FNO2S/c1-14-7-6-10-19(15(14)2)24-16(3)20(23)22-11-12-25-13-17-8-4-5-9-18(17)21/h4-10,16H,11-13H2,1-3H3,(H,22,23)/t16-/m1/s1. The highest BCUT2D eigenvalue weighted by molar-refractivity contribution is 7.98. The van der Waals surface area contributed by atoms with Crippen molar-refractivity contribution in [2.75, 3.05) is 12.3 Å². The largest absolute Gasteiger partial charge is 0.481 e. The average Bonchev–Trinajstić information content (AvgIpc) is 2.60. The molecular weight excluding hydrogens is 337 g/mol. The number of rotatable bonds is 8.